The van der Waals surface area contributed by atoms with Gasteiger partial charge >= 0.3 is 6.09 Å². The van der Waals surface area contributed by atoms with E-state index in [1.807, 2.05) is 12.1 Å². The summed E-state index contributed by atoms with van der Waals surface area (Å²) in [7, 11) is 0. The molecule has 1 N–H and O–H groups in total. The molecule has 120 valence electrons. The average Bonchev–Trinajstić information content (AvgIpc) is 3.07. The summed E-state index contributed by atoms with van der Waals surface area (Å²) < 4.78 is 11.4. The van der Waals surface area contributed by atoms with E-state index in [1.165, 1.54) is 0 Å². The van der Waals surface area contributed by atoms with Crippen LogP contribution in [0.2, 0.25) is 0 Å². The van der Waals surface area contributed by atoms with E-state index >= 15 is 0 Å². The van der Waals surface area contributed by atoms with Crippen LogP contribution in [0.5, 0.6) is 5.75 Å². The molecule has 1 aliphatic carbocycles. The maximum atomic E-state index is 12.4. The standard InChI is InChI=1S/C16H23N3O3/c20-16(22-14-4-1-2-5-14)19-9-8-18-10-13(19)12-21-15-6-3-7-17-11-15/h3,6-7,11,13-14,18H,1-2,4-5,8-10,12H2. The van der Waals surface area contributed by atoms with Gasteiger partial charge in [0.2, 0.25) is 0 Å². The fraction of sp³-hybridized carbons (Fsp3) is 0.625. The minimum Gasteiger partial charge on any atom is -0.490 e. The van der Waals surface area contributed by atoms with Crippen molar-refractivity contribution in [2.75, 3.05) is 26.2 Å². The molecule has 2 heterocycles. The minimum absolute atomic E-state index is 0.0112. The predicted molar refractivity (Wildman–Crippen MR) is 81.8 cm³/mol. The van der Waals surface area contributed by atoms with Crippen LogP contribution in [0.1, 0.15) is 25.7 Å². The quantitative estimate of drug-likeness (QED) is 0.919. The van der Waals surface area contributed by atoms with E-state index in [-0.39, 0.29) is 18.2 Å². The number of hydrogen-bond donors (Lipinski definition) is 1. The highest BCUT2D eigenvalue weighted by Crippen LogP contribution is 2.22. The average molecular weight is 305 g/mol. The number of rotatable bonds is 4. The molecule has 1 unspecified atom stereocenters. The number of piperazine rings is 1. The maximum absolute atomic E-state index is 12.4. The molecule has 1 saturated carbocycles. The fourth-order valence-corrected chi connectivity index (χ4v) is 2.99. The lowest BCUT2D eigenvalue weighted by Gasteiger charge is -2.35. The van der Waals surface area contributed by atoms with Gasteiger partial charge in [0, 0.05) is 25.8 Å². The van der Waals surface area contributed by atoms with Crippen LogP contribution in [0.15, 0.2) is 24.5 Å². The van der Waals surface area contributed by atoms with Crippen LogP contribution >= 0.6 is 0 Å². The maximum Gasteiger partial charge on any atom is 0.410 e. The lowest BCUT2D eigenvalue weighted by Crippen LogP contribution is -2.56. The minimum atomic E-state index is -0.201. The van der Waals surface area contributed by atoms with Crippen molar-refractivity contribution in [3.8, 4) is 5.75 Å². The highest BCUT2D eigenvalue weighted by Gasteiger charge is 2.30. The number of ether oxygens (including phenoxy) is 2. The molecule has 6 nitrogen and oxygen atoms in total. The number of aromatic nitrogens is 1. The molecule has 2 fully saturated rings. The smallest absolute Gasteiger partial charge is 0.410 e. The number of amides is 1. The molecule has 0 aromatic carbocycles. The van der Waals surface area contributed by atoms with Gasteiger partial charge in [-0.05, 0) is 37.8 Å². The SMILES string of the molecule is O=C(OC1CCCC1)N1CCNCC1COc1cccnc1. The molecular weight excluding hydrogens is 282 g/mol. The Kier molecular flexibility index (Phi) is 5.11. The predicted octanol–water partition coefficient (Wildman–Crippen LogP) is 1.81. The third kappa shape index (κ3) is 3.88. The second kappa shape index (κ2) is 7.45. The molecule has 1 amide bonds. The summed E-state index contributed by atoms with van der Waals surface area (Å²) in [6.07, 6.45) is 7.59. The van der Waals surface area contributed by atoms with Crippen LogP contribution in [-0.4, -0.2) is 54.4 Å². The zero-order valence-electron chi connectivity index (χ0n) is 12.7. The second-order valence-electron chi connectivity index (χ2n) is 5.84. The monoisotopic (exact) mass is 305 g/mol. The van der Waals surface area contributed by atoms with E-state index in [9.17, 15) is 4.79 Å². The number of nitrogens with zero attached hydrogens (tertiary/aromatic N) is 2. The van der Waals surface area contributed by atoms with Gasteiger partial charge in [-0.15, -0.1) is 0 Å². The first-order valence-electron chi connectivity index (χ1n) is 8.04. The number of carbonyl (C=O) groups is 1. The first kappa shape index (κ1) is 15.1. The van der Waals surface area contributed by atoms with Gasteiger partial charge in [-0.3, -0.25) is 9.88 Å². The third-order valence-electron chi connectivity index (χ3n) is 4.23. The Bertz CT molecular complexity index is 477. The van der Waals surface area contributed by atoms with Crippen LogP contribution < -0.4 is 10.1 Å². The molecule has 1 aromatic rings. The van der Waals surface area contributed by atoms with Crippen molar-refractivity contribution < 1.29 is 14.3 Å². The Hall–Kier alpha value is -1.82. The summed E-state index contributed by atoms with van der Waals surface area (Å²) >= 11 is 0. The summed E-state index contributed by atoms with van der Waals surface area (Å²) in [4.78, 5) is 18.2. The van der Waals surface area contributed by atoms with Gasteiger partial charge in [-0.2, -0.15) is 0 Å². The molecular formula is C16H23N3O3. The first-order chi connectivity index (χ1) is 10.8. The summed E-state index contributed by atoms with van der Waals surface area (Å²) in [6, 6.07) is 3.69. The van der Waals surface area contributed by atoms with Gasteiger partial charge in [0.1, 0.15) is 18.5 Å². The van der Waals surface area contributed by atoms with Crippen molar-refractivity contribution in [1.82, 2.24) is 15.2 Å². The molecule has 3 rings (SSSR count). The Morgan fingerprint density at radius 3 is 3.05 bits per heavy atom. The van der Waals surface area contributed by atoms with Gasteiger partial charge < -0.3 is 14.8 Å². The van der Waals surface area contributed by atoms with Crippen LogP contribution in [0.3, 0.4) is 0 Å². The zero-order valence-corrected chi connectivity index (χ0v) is 12.7. The summed E-state index contributed by atoms with van der Waals surface area (Å²) in [5.41, 5.74) is 0. The van der Waals surface area contributed by atoms with Crippen molar-refractivity contribution in [2.45, 2.75) is 37.8 Å². The first-order valence-corrected chi connectivity index (χ1v) is 8.04. The van der Waals surface area contributed by atoms with Gasteiger partial charge in [-0.25, -0.2) is 4.79 Å². The van der Waals surface area contributed by atoms with E-state index < -0.39 is 0 Å². The van der Waals surface area contributed by atoms with E-state index in [2.05, 4.69) is 10.3 Å². The highest BCUT2D eigenvalue weighted by atomic mass is 16.6. The molecule has 0 radical (unpaired) electrons. The topological polar surface area (TPSA) is 63.7 Å². The van der Waals surface area contributed by atoms with Crippen molar-refractivity contribution >= 4 is 6.09 Å². The van der Waals surface area contributed by atoms with E-state index in [0.29, 0.717) is 13.2 Å². The molecule has 2 aliphatic rings. The highest BCUT2D eigenvalue weighted by molar-refractivity contribution is 5.68. The normalized spacial score (nSPS) is 22.5. The van der Waals surface area contributed by atoms with E-state index in [1.54, 1.807) is 17.3 Å². The number of carbonyl (C=O) groups excluding carboxylic acids is 1. The van der Waals surface area contributed by atoms with Crippen molar-refractivity contribution in [3.05, 3.63) is 24.5 Å². The lowest BCUT2D eigenvalue weighted by atomic mass is 10.2. The molecule has 0 bridgehead atoms. The number of nitrogens with one attached hydrogen (secondary N) is 1. The zero-order chi connectivity index (χ0) is 15.2. The van der Waals surface area contributed by atoms with Gasteiger partial charge in [-0.1, -0.05) is 0 Å². The third-order valence-corrected chi connectivity index (χ3v) is 4.23. The van der Waals surface area contributed by atoms with Crippen LogP contribution in [-0.2, 0) is 4.74 Å². The Labute approximate surface area is 130 Å². The van der Waals surface area contributed by atoms with Crippen molar-refractivity contribution in [1.29, 1.82) is 0 Å². The van der Waals surface area contributed by atoms with Crippen molar-refractivity contribution in [2.24, 2.45) is 0 Å². The van der Waals surface area contributed by atoms with E-state index in [0.717, 1.165) is 44.5 Å². The molecule has 1 atom stereocenters. The van der Waals surface area contributed by atoms with Crippen LogP contribution in [0, 0.1) is 0 Å². The Morgan fingerprint density at radius 1 is 1.41 bits per heavy atom. The number of hydrogen-bond acceptors (Lipinski definition) is 5. The van der Waals surface area contributed by atoms with Crippen molar-refractivity contribution in [3.63, 3.8) is 0 Å². The molecule has 1 aromatic heterocycles. The van der Waals surface area contributed by atoms with E-state index in [4.69, 9.17) is 9.47 Å². The fourth-order valence-electron chi connectivity index (χ4n) is 2.99. The molecule has 22 heavy (non-hydrogen) atoms. The van der Waals surface area contributed by atoms with Gasteiger partial charge in [0.15, 0.2) is 0 Å². The van der Waals surface area contributed by atoms with Crippen LogP contribution in [0.4, 0.5) is 4.79 Å². The second-order valence-corrected chi connectivity index (χ2v) is 5.84. The van der Waals surface area contributed by atoms with Gasteiger partial charge in [0.25, 0.3) is 0 Å². The summed E-state index contributed by atoms with van der Waals surface area (Å²) in [6.45, 7) is 2.62. The summed E-state index contributed by atoms with van der Waals surface area (Å²) in [5.74, 6) is 0.720. The summed E-state index contributed by atoms with van der Waals surface area (Å²) in [5, 5.41) is 3.30. The largest absolute Gasteiger partial charge is 0.490 e. The molecule has 1 aliphatic heterocycles. The van der Waals surface area contributed by atoms with Gasteiger partial charge in [0.05, 0.1) is 12.2 Å². The van der Waals surface area contributed by atoms with Crippen LogP contribution in [0.25, 0.3) is 0 Å². The number of pyridine rings is 1. The molecule has 6 heteroatoms. The molecule has 1 saturated heterocycles. The molecule has 0 spiro atoms. The lowest BCUT2D eigenvalue weighted by molar-refractivity contribution is 0.0375. The Balaban J connectivity index is 1.54. The Morgan fingerprint density at radius 2 is 2.27 bits per heavy atom.